The van der Waals surface area contributed by atoms with Crippen LogP contribution in [0.5, 0.6) is 0 Å². The van der Waals surface area contributed by atoms with Gasteiger partial charge in [0.05, 0.1) is 37.7 Å². The number of H-pyrrole nitrogens is 1. The molecule has 3 aromatic rings. The maximum Gasteiger partial charge on any atom is 0.177 e. The molecule has 1 atom stereocenters. The molecule has 0 radical (unpaired) electrons. The van der Waals surface area contributed by atoms with Crippen LogP contribution in [0.1, 0.15) is 5.56 Å². The van der Waals surface area contributed by atoms with Crippen molar-refractivity contribution in [3.8, 4) is 22.3 Å². The fourth-order valence-corrected chi connectivity index (χ4v) is 4.60. The van der Waals surface area contributed by atoms with Gasteiger partial charge in [-0.15, -0.1) is 4.31 Å². The van der Waals surface area contributed by atoms with Crippen LogP contribution in [0.15, 0.2) is 65.8 Å². The van der Waals surface area contributed by atoms with Gasteiger partial charge in [0.15, 0.2) is 4.90 Å². The Hall–Kier alpha value is -2.05. The van der Waals surface area contributed by atoms with Crippen LogP contribution >= 0.6 is 0 Å². The van der Waals surface area contributed by atoms with Gasteiger partial charge in [0, 0.05) is 35.2 Å². The number of benzene rings is 2. The van der Waals surface area contributed by atoms with Gasteiger partial charge in [-0.25, -0.2) is 0 Å². The number of morpholine rings is 1. The maximum atomic E-state index is 13.1. The van der Waals surface area contributed by atoms with E-state index < -0.39 is 11.4 Å². The first-order valence-corrected chi connectivity index (χ1v) is 9.92. The van der Waals surface area contributed by atoms with E-state index in [0.29, 0.717) is 26.3 Å². The summed E-state index contributed by atoms with van der Waals surface area (Å²) in [5, 5.41) is 0. The van der Waals surface area contributed by atoms with Gasteiger partial charge >= 0.3 is 0 Å². The van der Waals surface area contributed by atoms with Gasteiger partial charge in [-0.1, -0.05) is 42.5 Å². The molecule has 0 aliphatic carbocycles. The van der Waals surface area contributed by atoms with E-state index in [1.807, 2.05) is 41.8 Å². The van der Waals surface area contributed by atoms with Crippen molar-refractivity contribution in [1.82, 2.24) is 9.29 Å². The highest BCUT2D eigenvalue weighted by Crippen LogP contribution is 2.34. The van der Waals surface area contributed by atoms with Crippen LogP contribution in [0, 0.1) is 6.92 Å². The number of hydrogen-bond donors (Lipinski definition) is 1. The van der Waals surface area contributed by atoms with Gasteiger partial charge in [-0.05, 0) is 18.1 Å². The van der Waals surface area contributed by atoms with Crippen molar-refractivity contribution in [3.63, 3.8) is 0 Å². The fraction of sp³-hybridized carbons (Fsp3) is 0.238. The van der Waals surface area contributed by atoms with E-state index in [1.54, 1.807) is 0 Å². The highest BCUT2D eigenvalue weighted by molar-refractivity contribution is 7.89. The molecular formula is C21H22N2O2S. The average Bonchev–Trinajstić information content (AvgIpc) is 3.19. The molecule has 1 aromatic heterocycles. The van der Waals surface area contributed by atoms with Crippen molar-refractivity contribution >= 4 is 11.4 Å². The normalized spacial score (nSPS) is 16.5. The molecule has 1 aliphatic rings. The highest BCUT2D eigenvalue weighted by Gasteiger charge is 2.27. The Labute approximate surface area is 157 Å². The summed E-state index contributed by atoms with van der Waals surface area (Å²) in [5.74, 6) is 0. The number of nitrogens with zero attached hydrogens (tertiary/aromatic N) is 1. The molecule has 2 heterocycles. The van der Waals surface area contributed by atoms with Crippen molar-refractivity contribution in [2.45, 2.75) is 11.8 Å². The summed E-state index contributed by atoms with van der Waals surface area (Å²) in [4.78, 5) is 4.10. The van der Waals surface area contributed by atoms with E-state index in [4.69, 9.17) is 4.74 Å². The summed E-state index contributed by atoms with van der Waals surface area (Å²) in [6, 6.07) is 16.5. The van der Waals surface area contributed by atoms with E-state index in [-0.39, 0.29) is 0 Å². The molecule has 5 heteroatoms. The number of aromatic amines is 1. The molecule has 1 aliphatic heterocycles. The first kappa shape index (κ1) is 17.4. The van der Waals surface area contributed by atoms with Gasteiger partial charge in [0.1, 0.15) is 0 Å². The molecule has 0 spiro atoms. The summed E-state index contributed by atoms with van der Waals surface area (Å²) in [6.07, 6.45) is 4.03. The Kier molecular flexibility index (Phi) is 5.13. The Morgan fingerprint density at radius 3 is 2.38 bits per heavy atom. The van der Waals surface area contributed by atoms with E-state index in [2.05, 4.69) is 35.3 Å². The minimum atomic E-state index is -1.16. The molecule has 0 bridgehead atoms. The summed E-state index contributed by atoms with van der Waals surface area (Å²) in [7, 11) is 0. The van der Waals surface area contributed by atoms with E-state index in [0.717, 1.165) is 27.1 Å². The molecule has 1 unspecified atom stereocenters. The molecule has 134 valence electrons. The number of aryl methyl sites for hydroxylation is 1. The topological polar surface area (TPSA) is 51.3 Å². The lowest BCUT2D eigenvalue weighted by atomic mass is 9.98. The lowest BCUT2D eigenvalue weighted by Crippen LogP contribution is -2.40. The summed E-state index contributed by atoms with van der Waals surface area (Å²) < 4.78 is 20.4. The molecular weight excluding hydrogens is 344 g/mol. The average molecular weight is 366 g/mol. The largest absolute Gasteiger partial charge is 0.593 e. The SMILES string of the molecule is Cc1ccc(-c2c[nH]cc2-c2ccccc2)cc1[S+]([O-])N1CCOCC1. The Balaban J connectivity index is 1.70. The van der Waals surface area contributed by atoms with Crippen LogP contribution in [-0.2, 0) is 16.1 Å². The third kappa shape index (κ3) is 3.44. The predicted molar refractivity (Wildman–Crippen MR) is 105 cm³/mol. The van der Waals surface area contributed by atoms with Crippen molar-refractivity contribution in [2.75, 3.05) is 26.3 Å². The van der Waals surface area contributed by atoms with Gasteiger partial charge in [-0.3, -0.25) is 0 Å². The highest BCUT2D eigenvalue weighted by atomic mass is 32.2. The quantitative estimate of drug-likeness (QED) is 0.710. The van der Waals surface area contributed by atoms with Crippen LogP contribution in [0.4, 0.5) is 0 Å². The first-order chi connectivity index (χ1) is 12.7. The third-order valence-corrected chi connectivity index (χ3v) is 6.37. The van der Waals surface area contributed by atoms with Crippen LogP contribution in [-0.4, -0.2) is 40.1 Å². The van der Waals surface area contributed by atoms with E-state index in [9.17, 15) is 4.55 Å². The van der Waals surface area contributed by atoms with Gasteiger partial charge in [0.2, 0.25) is 0 Å². The minimum absolute atomic E-state index is 0.639. The van der Waals surface area contributed by atoms with Crippen molar-refractivity contribution < 1.29 is 9.29 Å². The van der Waals surface area contributed by atoms with Crippen molar-refractivity contribution in [2.24, 2.45) is 0 Å². The monoisotopic (exact) mass is 366 g/mol. The smallest absolute Gasteiger partial charge is 0.177 e. The molecule has 0 saturated carbocycles. The summed E-state index contributed by atoms with van der Waals surface area (Å²) >= 11 is -1.16. The van der Waals surface area contributed by atoms with Gasteiger partial charge in [-0.2, -0.15) is 0 Å². The maximum absolute atomic E-state index is 13.1. The second kappa shape index (κ2) is 7.68. The summed E-state index contributed by atoms with van der Waals surface area (Å²) in [6.45, 7) is 4.71. The van der Waals surface area contributed by atoms with Crippen molar-refractivity contribution in [3.05, 3.63) is 66.5 Å². The molecule has 1 N–H and O–H groups in total. The lowest BCUT2D eigenvalue weighted by molar-refractivity contribution is 0.0730. The van der Waals surface area contributed by atoms with Crippen molar-refractivity contribution in [1.29, 1.82) is 0 Å². The van der Waals surface area contributed by atoms with Gasteiger partial charge in [0.25, 0.3) is 0 Å². The number of nitrogens with one attached hydrogen (secondary N) is 1. The first-order valence-electron chi connectivity index (χ1n) is 8.82. The van der Waals surface area contributed by atoms with E-state index in [1.165, 1.54) is 5.56 Å². The molecule has 2 aromatic carbocycles. The Morgan fingerprint density at radius 2 is 1.65 bits per heavy atom. The number of hydrogen-bond acceptors (Lipinski definition) is 3. The lowest BCUT2D eigenvalue weighted by Gasteiger charge is -2.28. The molecule has 0 amide bonds. The molecule has 1 fully saturated rings. The number of aromatic nitrogens is 1. The second-order valence-corrected chi connectivity index (χ2v) is 7.87. The minimum Gasteiger partial charge on any atom is -0.593 e. The van der Waals surface area contributed by atoms with Crippen LogP contribution < -0.4 is 0 Å². The Morgan fingerprint density at radius 1 is 0.962 bits per heavy atom. The number of rotatable bonds is 4. The molecule has 4 nitrogen and oxygen atoms in total. The van der Waals surface area contributed by atoms with Crippen LogP contribution in [0.3, 0.4) is 0 Å². The van der Waals surface area contributed by atoms with E-state index >= 15 is 0 Å². The molecule has 4 rings (SSSR count). The zero-order valence-corrected chi connectivity index (χ0v) is 15.6. The van der Waals surface area contributed by atoms with Crippen LogP contribution in [0.25, 0.3) is 22.3 Å². The third-order valence-electron chi connectivity index (χ3n) is 4.72. The van der Waals surface area contributed by atoms with Gasteiger partial charge < -0.3 is 14.3 Å². The zero-order valence-electron chi connectivity index (χ0n) is 14.8. The molecule has 26 heavy (non-hydrogen) atoms. The standard InChI is InChI=1S/C21H22N2O2S/c1-16-7-8-18(13-21(16)26(24)23-9-11-25-12-10-23)20-15-22-14-19(20)17-5-3-2-4-6-17/h2-8,13-15,22H,9-12H2,1H3. The summed E-state index contributed by atoms with van der Waals surface area (Å²) in [5.41, 5.74) is 5.57. The molecule has 1 saturated heterocycles. The van der Waals surface area contributed by atoms with Crippen LogP contribution in [0.2, 0.25) is 0 Å². The number of ether oxygens (including phenoxy) is 1. The zero-order chi connectivity index (χ0) is 17.9. The predicted octanol–water partition coefficient (Wildman–Crippen LogP) is 4.01. The Bertz CT molecular complexity index is 873. The second-order valence-electron chi connectivity index (χ2n) is 6.42. The fourth-order valence-electron chi connectivity index (χ4n) is 3.27.